The molecular weight excluding hydrogens is 306 g/mol. The molecule has 1 aromatic heterocycles. The molecule has 3 heterocycles. The summed E-state index contributed by atoms with van der Waals surface area (Å²) < 4.78 is 27.6. The van der Waals surface area contributed by atoms with Crippen LogP contribution in [0, 0.1) is 0 Å². The van der Waals surface area contributed by atoms with Crippen LogP contribution in [0.5, 0.6) is 0 Å². The monoisotopic (exact) mass is 329 g/mol. The molecule has 0 aromatic carbocycles. The molecule has 0 bridgehead atoms. The minimum atomic E-state index is -3.29. The Morgan fingerprint density at radius 1 is 1.29 bits per heavy atom. The Kier molecular flexibility index (Phi) is 4.66. The molecule has 0 saturated carbocycles. The molecule has 7 heteroatoms. The first-order valence-corrected chi connectivity index (χ1v) is 9.90. The molecule has 1 unspecified atom stereocenters. The van der Waals surface area contributed by atoms with Crippen molar-refractivity contribution < 1.29 is 8.42 Å². The highest BCUT2D eigenvalue weighted by molar-refractivity contribution is 7.91. The van der Waals surface area contributed by atoms with Crippen molar-refractivity contribution in [3.05, 3.63) is 17.0 Å². The van der Waals surface area contributed by atoms with E-state index in [1.807, 2.05) is 6.07 Å². The second-order valence-corrected chi connectivity index (χ2v) is 9.00. The molecule has 3 rings (SSSR count). The number of rotatable bonds is 4. The Balaban J connectivity index is 1.69. The molecule has 0 radical (unpaired) electrons. The van der Waals surface area contributed by atoms with Crippen molar-refractivity contribution in [2.45, 2.75) is 30.0 Å². The van der Waals surface area contributed by atoms with Crippen molar-refractivity contribution >= 4 is 21.4 Å². The summed E-state index contributed by atoms with van der Waals surface area (Å²) >= 11 is 1.41. The lowest BCUT2D eigenvalue weighted by molar-refractivity contribution is 0.179. The smallest absolute Gasteiger partial charge is 0.252 e. The molecule has 0 spiro atoms. The van der Waals surface area contributed by atoms with Gasteiger partial charge >= 0.3 is 0 Å². The number of nitrogens with one attached hydrogen (secondary N) is 1. The zero-order valence-corrected chi connectivity index (χ0v) is 14.0. The fourth-order valence-electron chi connectivity index (χ4n) is 3.09. The van der Waals surface area contributed by atoms with E-state index >= 15 is 0 Å². The van der Waals surface area contributed by atoms with Gasteiger partial charge in [0.25, 0.3) is 10.0 Å². The Labute approximate surface area is 131 Å². The van der Waals surface area contributed by atoms with Crippen LogP contribution in [0.15, 0.2) is 16.3 Å². The van der Waals surface area contributed by atoms with Crippen molar-refractivity contribution in [1.29, 1.82) is 0 Å². The first kappa shape index (κ1) is 15.4. The van der Waals surface area contributed by atoms with Gasteiger partial charge in [0.15, 0.2) is 0 Å². The van der Waals surface area contributed by atoms with Crippen molar-refractivity contribution in [1.82, 2.24) is 14.5 Å². The van der Waals surface area contributed by atoms with Crippen LogP contribution in [0.1, 0.15) is 18.2 Å². The molecule has 1 atom stereocenters. The summed E-state index contributed by atoms with van der Waals surface area (Å²) in [5.74, 6) is 0. The summed E-state index contributed by atoms with van der Waals surface area (Å²) in [7, 11) is -3.29. The summed E-state index contributed by atoms with van der Waals surface area (Å²) in [5.41, 5.74) is 0. The van der Waals surface area contributed by atoms with E-state index in [2.05, 4.69) is 17.1 Å². The molecule has 5 nitrogen and oxygen atoms in total. The fraction of sp³-hybridized carbons (Fsp3) is 0.714. The Bertz CT molecular complexity index is 579. The van der Waals surface area contributed by atoms with E-state index in [-0.39, 0.29) is 0 Å². The number of nitrogens with zero attached hydrogens (tertiary/aromatic N) is 2. The quantitative estimate of drug-likeness (QED) is 0.895. The summed E-state index contributed by atoms with van der Waals surface area (Å²) in [5, 5.41) is 3.34. The van der Waals surface area contributed by atoms with Crippen LogP contribution < -0.4 is 5.32 Å². The third-order valence-corrected chi connectivity index (χ3v) is 7.94. The Morgan fingerprint density at radius 2 is 2.05 bits per heavy atom. The zero-order chi connectivity index (χ0) is 14.9. The van der Waals surface area contributed by atoms with E-state index in [9.17, 15) is 8.42 Å². The van der Waals surface area contributed by atoms with Gasteiger partial charge in [-0.1, -0.05) is 6.92 Å². The van der Waals surface area contributed by atoms with Gasteiger partial charge in [0, 0.05) is 50.2 Å². The summed E-state index contributed by atoms with van der Waals surface area (Å²) in [6.45, 7) is 7.41. The highest BCUT2D eigenvalue weighted by atomic mass is 32.2. The molecule has 1 N–H and O–H groups in total. The van der Waals surface area contributed by atoms with Gasteiger partial charge < -0.3 is 5.32 Å². The average Bonchev–Trinajstić information content (AvgIpc) is 3.18. The van der Waals surface area contributed by atoms with Gasteiger partial charge in [0.1, 0.15) is 4.21 Å². The van der Waals surface area contributed by atoms with Gasteiger partial charge in [-0.2, -0.15) is 4.31 Å². The number of sulfonamides is 1. The lowest BCUT2D eigenvalue weighted by Gasteiger charge is -2.32. The molecule has 118 valence electrons. The van der Waals surface area contributed by atoms with Crippen LogP contribution >= 0.6 is 11.3 Å². The first-order valence-electron chi connectivity index (χ1n) is 7.65. The van der Waals surface area contributed by atoms with Gasteiger partial charge in [0.05, 0.1) is 0 Å². The van der Waals surface area contributed by atoms with Crippen molar-refractivity contribution in [2.24, 2.45) is 0 Å². The van der Waals surface area contributed by atoms with Crippen LogP contribution in [0.25, 0.3) is 0 Å². The van der Waals surface area contributed by atoms with Crippen LogP contribution in [-0.2, 0) is 16.4 Å². The molecule has 2 saturated heterocycles. The van der Waals surface area contributed by atoms with E-state index < -0.39 is 10.0 Å². The van der Waals surface area contributed by atoms with Gasteiger partial charge in [-0.3, -0.25) is 4.90 Å². The van der Waals surface area contributed by atoms with Crippen LogP contribution in [0.3, 0.4) is 0 Å². The predicted octanol–water partition coefficient (Wildman–Crippen LogP) is 0.979. The third-order valence-electron chi connectivity index (χ3n) is 4.37. The van der Waals surface area contributed by atoms with Gasteiger partial charge in [-0.05, 0) is 25.0 Å². The highest BCUT2D eigenvalue weighted by Gasteiger charge is 2.36. The third kappa shape index (κ3) is 3.17. The number of piperazine rings is 1. The standard InChI is InChI=1S/C14H23N3O2S2/c1-2-13-3-4-14(20-13)21(18,19)17-8-5-12(11-17)16-9-6-15-7-10-16/h3-4,12,15H,2,5-11H2,1H3. The van der Waals surface area contributed by atoms with Gasteiger partial charge in [0.2, 0.25) is 0 Å². The SMILES string of the molecule is CCc1ccc(S(=O)(=O)N2CCC(N3CCNCC3)C2)s1. The maximum absolute atomic E-state index is 12.7. The van der Waals surface area contributed by atoms with Gasteiger partial charge in [-0.25, -0.2) is 8.42 Å². The molecule has 0 aliphatic carbocycles. The van der Waals surface area contributed by atoms with Gasteiger partial charge in [-0.15, -0.1) is 11.3 Å². The fourth-order valence-corrected chi connectivity index (χ4v) is 6.03. The normalized spacial score (nSPS) is 25.5. The zero-order valence-electron chi connectivity index (χ0n) is 12.4. The molecule has 2 fully saturated rings. The molecule has 1 aromatic rings. The minimum absolute atomic E-state index is 0.382. The number of hydrogen-bond donors (Lipinski definition) is 1. The largest absolute Gasteiger partial charge is 0.314 e. The lowest BCUT2D eigenvalue weighted by Crippen LogP contribution is -2.49. The maximum Gasteiger partial charge on any atom is 0.252 e. The second kappa shape index (κ2) is 6.34. The van der Waals surface area contributed by atoms with Crippen LogP contribution in [-0.4, -0.2) is 62.9 Å². The number of hydrogen-bond acceptors (Lipinski definition) is 5. The lowest BCUT2D eigenvalue weighted by atomic mass is 10.2. The number of aryl methyl sites for hydroxylation is 1. The van der Waals surface area contributed by atoms with Crippen molar-refractivity contribution in [3.63, 3.8) is 0 Å². The average molecular weight is 329 g/mol. The summed E-state index contributed by atoms with van der Waals surface area (Å²) in [6.07, 6.45) is 1.84. The van der Waals surface area contributed by atoms with E-state index in [4.69, 9.17) is 0 Å². The predicted molar refractivity (Wildman–Crippen MR) is 85.3 cm³/mol. The van der Waals surface area contributed by atoms with E-state index in [0.29, 0.717) is 23.3 Å². The first-order chi connectivity index (χ1) is 10.1. The molecule has 21 heavy (non-hydrogen) atoms. The minimum Gasteiger partial charge on any atom is -0.314 e. The maximum atomic E-state index is 12.7. The Morgan fingerprint density at radius 3 is 2.71 bits per heavy atom. The molecular formula is C14H23N3O2S2. The topological polar surface area (TPSA) is 52.7 Å². The summed E-state index contributed by atoms with van der Waals surface area (Å²) in [4.78, 5) is 3.56. The highest BCUT2D eigenvalue weighted by Crippen LogP contribution is 2.28. The summed E-state index contributed by atoms with van der Waals surface area (Å²) in [6, 6.07) is 4.07. The molecule has 2 aliphatic heterocycles. The Hall–Kier alpha value is -0.470. The van der Waals surface area contributed by atoms with Crippen molar-refractivity contribution in [3.8, 4) is 0 Å². The second-order valence-electron chi connectivity index (χ2n) is 5.67. The van der Waals surface area contributed by atoms with Crippen molar-refractivity contribution in [2.75, 3.05) is 39.3 Å². The van der Waals surface area contributed by atoms with Crippen LogP contribution in [0.2, 0.25) is 0 Å². The molecule has 2 aliphatic rings. The van der Waals surface area contributed by atoms with Crippen LogP contribution in [0.4, 0.5) is 0 Å². The molecule has 0 amide bonds. The van der Waals surface area contributed by atoms with E-state index in [1.165, 1.54) is 11.3 Å². The van der Waals surface area contributed by atoms with E-state index in [1.54, 1.807) is 10.4 Å². The van der Waals surface area contributed by atoms with E-state index in [0.717, 1.165) is 43.9 Å². The number of thiophene rings is 1.